The smallest absolute Gasteiger partial charge is 0.267 e. The van der Waals surface area contributed by atoms with Gasteiger partial charge in [-0.05, 0) is 29.8 Å². The van der Waals surface area contributed by atoms with Crippen LogP contribution < -0.4 is 10.3 Å². The van der Waals surface area contributed by atoms with Crippen LogP contribution in [0.2, 0.25) is 0 Å². The van der Waals surface area contributed by atoms with E-state index in [1.807, 2.05) is 12.1 Å². The number of H-pyrrole nitrogens is 1. The maximum absolute atomic E-state index is 11.5. The highest BCUT2D eigenvalue weighted by Gasteiger charge is 2.09. The van der Waals surface area contributed by atoms with Crippen molar-refractivity contribution in [2.24, 2.45) is 0 Å². The number of methoxy groups -OCH3 is 1. The zero-order valence-corrected chi connectivity index (χ0v) is 10.9. The standard InChI is InChI=1S/C13H11ClN2O3/c1-19-10-4-2-3-8(5-10)11-6-9(7-12(14)17)13(18)16-15-11/h2-6H,7H2,1H3,(H,16,18). The maximum Gasteiger partial charge on any atom is 0.267 e. The van der Waals surface area contributed by atoms with E-state index in [1.54, 1.807) is 25.3 Å². The molecule has 0 aliphatic rings. The lowest BCUT2D eigenvalue weighted by atomic mass is 10.1. The molecule has 0 saturated carbocycles. The van der Waals surface area contributed by atoms with Crippen LogP contribution in [-0.4, -0.2) is 22.5 Å². The molecule has 0 fully saturated rings. The van der Waals surface area contributed by atoms with E-state index < -0.39 is 10.8 Å². The number of rotatable bonds is 4. The molecule has 0 aliphatic heterocycles. The molecule has 1 N–H and O–H groups in total. The van der Waals surface area contributed by atoms with Crippen LogP contribution >= 0.6 is 11.6 Å². The Kier molecular flexibility index (Phi) is 3.97. The zero-order chi connectivity index (χ0) is 13.8. The molecule has 2 rings (SSSR count). The molecule has 1 heterocycles. The number of aromatic nitrogens is 2. The van der Waals surface area contributed by atoms with E-state index >= 15 is 0 Å². The molecule has 0 amide bonds. The predicted octanol–water partition coefficient (Wildman–Crippen LogP) is 1.75. The molecular weight excluding hydrogens is 268 g/mol. The number of carbonyl (C=O) groups is 1. The Morgan fingerprint density at radius 3 is 2.89 bits per heavy atom. The Bertz CT molecular complexity index is 667. The third-order valence-corrected chi connectivity index (χ3v) is 2.71. The fourth-order valence-electron chi connectivity index (χ4n) is 1.66. The number of nitrogens with one attached hydrogen (secondary N) is 1. The Morgan fingerprint density at radius 1 is 1.42 bits per heavy atom. The molecular formula is C13H11ClN2O3. The Labute approximate surface area is 114 Å². The van der Waals surface area contributed by atoms with Crippen molar-refractivity contribution < 1.29 is 9.53 Å². The number of ether oxygens (including phenoxy) is 1. The number of halogens is 1. The number of carbonyl (C=O) groups excluding carboxylic acids is 1. The SMILES string of the molecule is COc1cccc(-c2cc(CC(=O)Cl)c(=O)[nH]n2)c1. The average Bonchev–Trinajstić information content (AvgIpc) is 2.41. The van der Waals surface area contributed by atoms with Gasteiger partial charge in [-0.1, -0.05) is 12.1 Å². The number of benzene rings is 1. The van der Waals surface area contributed by atoms with Gasteiger partial charge in [-0.25, -0.2) is 5.10 Å². The van der Waals surface area contributed by atoms with Crippen LogP contribution in [0.4, 0.5) is 0 Å². The third-order valence-electron chi connectivity index (χ3n) is 2.58. The van der Waals surface area contributed by atoms with Gasteiger partial charge in [0.2, 0.25) is 5.24 Å². The maximum atomic E-state index is 11.5. The fourth-order valence-corrected chi connectivity index (χ4v) is 1.80. The lowest BCUT2D eigenvalue weighted by Crippen LogP contribution is -2.16. The van der Waals surface area contributed by atoms with Gasteiger partial charge in [-0.3, -0.25) is 9.59 Å². The van der Waals surface area contributed by atoms with Crippen molar-refractivity contribution in [1.82, 2.24) is 10.2 Å². The molecule has 1 aromatic heterocycles. The average molecular weight is 279 g/mol. The molecule has 19 heavy (non-hydrogen) atoms. The summed E-state index contributed by atoms with van der Waals surface area (Å²) < 4.78 is 5.12. The first-order valence-electron chi connectivity index (χ1n) is 5.51. The number of aromatic amines is 1. The van der Waals surface area contributed by atoms with Crippen molar-refractivity contribution in [2.45, 2.75) is 6.42 Å². The van der Waals surface area contributed by atoms with E-state index in [4.69, 9.17) is 16.3 Å². The molecule has 0 bridgehead atoms. The molecule has 5 nitrogen and oxygen atoms in total. The number of nitrogens with zero attached hydrogens (tertiary/aromatic N) is 1. The van der Waals surface area contributed by atoms with E-state index in [2.05, 4.69) is 10.2 Å². The van der Waals surface area contributed by atoms with Gasteiger partial charge in [0.1, 0.15) is 5.75 Å². The predicted molar refractivity (Wildman–Crippen MR) is 71.4 cm³/mol. The monoisotopic (exact) mass is 278 g/mol. The summed E-state index contributed by atoms with van der Waals surface area (Å²) in [6.07, 6.45) is -0.129. The zero-order valence-electron chi connectivity index (χ0n) is 10.1. The molecule has 98 valence electrons. The van der Waals surface area contributed by atoms with Gasteiger partial charge in [0.15, 0.2) is 0 Å². The topological polar surface area (TPSA) is 72.1 Å². The minimum atomic E-state index is -0.590. The van der Waals surface area contributed by atoms with Gasteiger partial charge < -0.3 is 4.74 Å². The van der Waals surface area contributed by atoms with Crippen LogP contribution in [0.5, 0.6) is 5.75 Å². The van der Waals surface area contributed by atoms with Gasteiger partial charge in [0.25, 0.3) is 5.56 Å². The van der Waals surface area contributed by atoms with Crippen LogP contribution in [0.3, 0.4) is 0 Å². The third kappa shape index (κ3) is 3.20. The molecule has 1 aromatic carbocycles. The molecule has 2 aromatic rings. The van der Waals surface area contributed by atoms with E-state index in [-0.39, 0.29) is 12.0 Å². The van der Waals surface area contributed by atoms with Crippen molar-refractivity contribution in [1.29, 1.82) is 0 Å². The highest BCUT2D eigenvalue weighted by Crippen LogP contribution is 2.21. The van der Waals surface area contributed by atoms with E-state index in [0.29, 0.717) is 11.4 Å². The quantitative estimate of drug-likeness (QED) is 0.865. The summed E-state index contributed by atoms with van der Waals surface area (Å²) in [6, 6.07) is 8.78. The lowest BCUT2D eigenvalue weighted by molar-refractivity contribution is -0.111. The summed E-state index contributed by atoms with van der Waals surface area (Å²) in [4.78, 5) is 22.4. The summed E-state index contributed by atoms with van der Waals surface area (Å²) >= 11 is 5.30. The summed E-state index contributed by atoms with van der Waals surface area (Å²) in [5.41, 5.74) is 1.19. The minimum absolute atomic E-state index is 0.129. The molecule has 0 aliphatic carbocycles. The van der Waals surface area contributed by atoms with Crippen LogP contribution in [0, 0.1) is 0 Å². The first kappa shape index (κ1) is 13.3. The van der Waals surface area contributed by atoms with Crippen LogP contribution in [0.1, 0.15) is 5.56 Å². The fraction of sp³-hybridized carbons (Fsp3) is 0.154. The number of hydrogen-bond donors (Lipinski definition) is 1. The summed E-state index contributed by atoms with van der Waals surface area (Å²) in [7, 11) is 1.57. The Balaban J connectivity index is 2.44. The molecule has 0 atom stereocenters. The van der Waals surface area contributed by atoms with Gasteiger partial charge in [-0.15, -0.1) is 0 Å². The van der Waals surface area contributed by atoms with Crippen molar-refractivity contribution in [3.8, 4) is 17.0 Å². The van der Waals surface area contributed by atoms with E-state index in [9.17, 15) is 9.59 Å². The Hall–Kier alpha value is -2.14. The van der Waals surface area contributed by atoms with Crippen LogP contribution in [-0.2, 0) is 11.2 Å². The van der Waals surface area contributed by atoms with Gasteiger partial charge in [0.05, 0.1) is 19.2 Å². The molecule has 0 spiro atoms. The normalized spacial score (nSPS) is 10.2. The first-order chi connectivity index (χ1) is 9.10. The van der Waals surface area contributed by atoms with Gasteiger partial charge >= 0.3 is 0 Å². The summed E-state index contributed by atoms with van der Waals surface area (Å²) in [5, 5.41) is 5.71. The largest absolute Gasteiger partial charge is 0.497 e. The molecule has 0 unspecified atom stereocenters. The molecule has 0 saturated heterocycles. The second kappa shape index (κ2) is 5.67. The first-order valence-corrected chi connectivity index (χ1v) is 5.89. The highest BCUT2D eigenvalue weighted by molar-refractivity contribution is 6.63. The van der Waals surface area contributed by atoms with E-state index in [1.165, 1.54) is 0 Å². The Morgan fingerprint density at radius 2 is 2.21 bits per heavy atom. The molecule has 0 radical (unpaired) electrons. The highest BCUT2D eigenvalue weighted by atomic mass is 35.5. The number of hydrogen-bond acceptors (Lipinski definition) is 4. The van der Waals surface area contributed by atoms with Crippen LogP contribution in [0.25, 0.3) is 11.3 Å². The van der Waals surface area contributed by atoms with Crippen LogP contribution in [0.15, 0.2) is 35.1 Å². The molecule has 6 heteroatoms. The second-order valence-electron chi connectivity index (χ2n) is 3.87. The second-order valence-corrected chi connectivity index (χ2v) is 4.29. The summed E-state index contributed by atoms with van der Waals surface area (Å²) in [5.74, 6) is 0.681. The van der Waals surface area contributed by atoms with Crippen molar-refractivity contribution in [3.05, 3.63) is 46.2 Å². The minimum Gasteiger partial charge on any atom is -0.497 e. The summed E-state index contributed by atoms with van der Waals surface area (Å²) in [6.45, 7) is 0. The van der Waals surface area contributed by atoms with Gasteiger partial charge in [-0.2, -0.15) is 5.10 Å². The van der Waals surface area contributed by atoms with Crippen molar-refractivity contribution in [3.63, 3.8) is 0 Å². The lowest BCUT2D eigenvalue weighted by Gasteiger charge is -2.04. The van der Waals surface area contributed by atoms with Crippen molar-refractivity contribution >= 4 is 16.8 Å². The van der Waals surface area contributed by atoms with Gasteiger partial charge in [0, 0.05) is 11.1 Å². The van der Waals surface area contributed by atoms with Crippen molar-refractivity contribution in [2.75, 3.05) is 7.11 Å². The van der Waals surface area contributed by atoms with E-state index in [0.717, 1.165) is 5.56 Å².